The first-order valence-electron chi connectivity index (χ1n) is 5.08. The smallest absolute Gasteiger partial charge is 0.0812 e. The monoisotopic (exact) mass is 205 g/mol. The molecule has 74 valence electrons. The van der Waals surface area contributed by atoms with E-state index in [0.29, 0.717) is 0 Å². The number of rotatable bonds is 3. The van der Waals surface area contributed by atoms with Crippen LogP contribution in [0.2, 0.25) is 0 Å². The number of aromatic nitrogens is 1. The number of hydrogen-bond donors (Lipinski definition) is 0. The third kappa shape index (κ3) is 2.13. The Hall–Kier alpha value is -0.890. The fourth-order valence-electron chi connectivity index (χ4n) is 1.51. The van der Waals surface area contributed by atoms with Crippen LogP contribution in [0.1, 0.15) is 25.8 Å². The highest BCUT2D eigenvalue weighted by molar-refractivity contribution is 7.16. The number of thiazole rings is 1. The first-order chi connectivity index (χ1) is 6.75. The number of hydrogen-bond acceptors (Lipinski definition) is 2. The van der Waals surface area contributed by atoms with E-state index in [-0.39, 0.29) is 0 Å². The lowest BCUT2D eigenvalue weighted by Gasteiger charge is -2.04. The number of fused-ring (bicyclic) bond motifs is 1. The SMILES string of the molecule is CC(C)CCc1ccc2ncsc2c1. The van der Waals surface area contributed by atoms with Gasteiger partial charge in [0.1, 0.15) is 0 Å². The number of nitrogens with zero attached hydrogens (tertiary/aromatic N) is 1. The normalized spacial score (nSPS) is 11.4. The Balaban J connectivity index is 2.17. The van der Waals surface area contributed by atoms with E-state index in [1.807, 2.05) is 5.51 Å². The molecule has 0 aliphatic carbocycles. The summed E-state index contributed by atoms with van der Waals surface area (Å²) in [6.45, 7) is 4.54. The number of aryl methyl sites for hydroxylation is 1. The minimum absolute atomic E-state index is 0.784. The zero-order valence-corrected chi connectivity index (χ0v) is 9.47. The second-order valence-electron chi connectivity index (χ2n) is 4.09. The molecule has 0 aliphatic rings. The Kier molecular flexibility index (Phi) is 2.82. The Morgan fingerprint density at radius 3 is 3.00 bits per heavy atom. The van der Waals surface area contributed by atoms with Gasteiger partial charge in [0.15, 0.2) is 0 Å². The molecule has 2 heteroatoms. The lowest BCUT2D eigenvalue weighted by molar-refractivity contribution is 0.587. The molecule has 0 amide bonds. The van der Waals surface area contributed by atoms with E-state index in [1.165, 1.54) is 23.1 Å². The van der Waals surface area contributed by atoms with E-state index < -0.39 is 0 Å². The zero-order chi connectivity index (χ0) is 9.97. The fraction of sp³-hybridized carbons (Fsp3) is 0.417. The summed E-state index contributed by atoms with van der Waals surface area (Å²) in [5, 5.41) is 0. The van der Waals surface area contributed by atoms with Gasteiger partial charge in [-0.3, -0.25) is 0 Å². The Labute approximate surface area is 88.8 Å². The molecule has 2 aromatic rings. The third-order valence-electron chi connectivity index (χ3n) is 2.41. The van der Waals surface area contributed by atoms with Gasteiger partial charge in [0.2, 0.25) is 0 Å². The van der Waals surface area contributed by atoms with Crippen LogP contribution in [0.25, 0.3) is 10.2 Å². The average Bonchev–Trinajstić information content (AvgIpc) is 2.61. The molecule has 0 spiro atoms. The van der Waals surface area contributed by atoms with E-state index in [0.717, 1.165) is 11.4 Å². The fourth-order valence-corrected chi connectivity index (χ4v) is 2.25. The molecule has 0 N–H and O–H groups in total. The van der Waals surface area contributed by atoms with Crippen molar-refractivity contribution in [2.24, 2.45) is 5.92 Å². The molecule has 1 heterocycles. The Morgan fingerprint density at radius 2 is 2.21 bits per heavy atom. The third-order valence-corrected chi connectivity index (χ3v) is 3.20. The average molecular weight is 205 g/mol. The molecule has 0 fully saturated rings. The van der Waals surface area contributed by atoms with E-state index >= 15 is 0 Å². The summed E-state index contributed by atoms with van der Waals surface area (Å²) >= 11 is 1.72. The van der Waals surface area contributed by atoms with Crippen LogP contribution in [-0.2, 0) is 6.42 Å². The standard InChI is InChI=1S/C12H15NS/c1-9(2)3-4-10-5-6-11-12(7-10)14-8-13-11/h5-9H,3-4H2,1-2H3. The van der Waals surface area contributed by atoms with Crippen LogP contribution < -0.4 is 0 Å². The molecule has 0 saturated carbocycles. The van der Waals surface area contributed by atoms with Crippen molar-refractivity contribution < 1.29 is 0 Å². The lowest BCUT2D eigenvalue weighted by Crippen LogP contribution is -1.91. The van der Waals surface area contributed by atoms with Gasteiger partial charge in [-0.05, 0) is 36.5 Å². The van der Waals surface area contributed by atoms with Crippen molar-refractivity contribution in [1.82, 2.24) is 4.98 Å². The summed E-state index contributed by atoms with van der Waals surface area (Å²) in [7, 11) is 0. The first-order valence-corrected chi connectivity index (χ1v) is 5.96. The molecule has 0 atom stereocenters. The number of benzene rings is 1. The second-order valence-corrected chi connectivity index (χ2v) is 4.97. The predicted octanol–water partition coefficient (Wildman–Crippen LogP) is 3.88. The maximum Gasteiger partial charge on any atom is 0.0812 e. The van der Waals surface area contributed by atoms with E-state index in [2.05, 4.69) is 37.0 Å². The molecule has 1 nitrogen and oxygen atoms in total. The summed E-state index contributed by atoms with van der Waals surface area (Å²) in [5.74, 6) is 0.784. The van der Waals surface area contributed by atoms with Crippen molar-refractivity contribution >= 4 is 21.6 Å². The van der Waals surface area contributed by atoms with Crippen molar-refractivity contribution in [3.8, 4) is 0 Å². The quantitative estimate of drug-likeness (QED) is 0.741. The van der Waals surface area contributed by atoms with Gasteiger partial charge in [0, 0.05) is 0 Å². The molecule has 1 aromatic heterocycles. The molecule has 2 rings (SSSR count). The van der Waals surface area contributed by atoms with Gasteiger partial charge in [0.05, 0.1) is 15.7 Å². The molecule has 0 radical (unpaired) electrons. The summed E-state index contributed by atoms with van der Waals surface area (Å²) in [5.41, 5.74) is 4.48. The highest BCUT2D eigenvalue weighted by Gasteiger charge is 2.00. The molecule has 0 saturated heterocycles. The maximum atomic E-state index is 4.27. The van der Waals surface area contributed by atoms with E-state index in [9.17, 15) is 0 Å². The largest absolute Gasteiger partial charge is 0.245 e. The maximum absolute atomic E-state index is 4.27. The van der Waals surface area contributed by atoms with Gasteiger partial charge >= 0.3 is 0 Å². The van der Waals surface area contributed by atoms with Gasteiger partial charge in [0.25, 0.3) is 0 Å². The summed E-state index contributed by atoms with van der Waals surface area (Å²) in [6.07, 6.45) is 2.45. The topological polar surface area (TPSA) is 12.9 Å². The van der Waals surface area contributed by atoms with Crippen LogP contribution in [-0.4, -0.2) is 4.98 Å². The summed E-state index contributed by atoms with van der Waals surface area (Å²) in [4.78, 5) is 4.27. The van der Waals surface area contributed by atoms with Crippen molar-refractivity contribution in [3.05, 3.63) is 29.3 Å². The first kappa shape index (κ1) is 9.66. The van der Waals surface area contributed by atoms with E-state index in [1.54, 1.807) is 11.3 Å². The zero-order valence-electron chi connectivity index (χ0n) is 8.66. The van der Waals surface area contributed by atoms with Crippen LogP contribution in [0.15, 0.2) is 23.7 Å². The minimum atomic E-state index is 0.784. The summed E-state index contributed by atoms with van der Waals surface area (Å²) < 4.78 is 1.31. The molecule has 1 aromatic carbocycles. The van der Waals surface area contributed by atoms with E-state index in [4.69, 9.17) is 0 Å². The van der Waals surface area contributed by atoms with Crippen molar-refractivity contribution in [3.63, 3.8) is 0 Å². The minimum Gasteiger partial charge on any atom is -0.245 e. The molecule has 14 heavy (non-hydrogen) atoms. The van der Waals surface area contributed by atoms with Gasteiger partial charge in [-0.15, -0.1) is 11.3 Å². The molecule has 0 unspecified atom stereocenters. The van der Waals surface area contributed by atoms with Crippen molar-refractivity contribution in [1.29, 1.82) is 0 Å². The van der Waals surface area contributed by atoms with Gasteiger partial charge in [-0.25, -0.2) is 4.98 Å². The van der Waals surface area contributed by atoms with Gasteiger partial charge in [-0.2, -0.15) is 0 Å². The van der Waals surface area contributed by atoms with Crippen LogP contribution >= 0.6 is 11.3 Å². The van der Waals surface area contributed by atoms with Gasteiger partial charge in [-0.1, -0.05) is 19.9 Å². The van der Waals surface area contributed by atoms with Crippen molar-refractivity contribution in [2.75, 3.05) is 0 Å². The van der Waals surface area contributed by atoms with Crippen molar-refractivity contribution in [2.45, 2.75) is 26.7 Å². The van der Waals surface area contributed by atoms with Crippen LogP contribution in [0.5, 0.6) is 0 Å². The Bertz CT molecular complexity index is 417. The highest BCUT2D eigenvalue weighted by Crippen LogP contribution is 2.20. The molecular weight excluding hydrogens is 190 g/mol. The van der Waals surface area contributed by atoms with Crippen LogP contribution in [0.3, 0.4) is 0 Å². The predicted molar refractivity (Wildman–Crippen MR) is 62.8 cm³/mol. The Morgan fingerprint density at radius 1 is 1.36 bits per heavy atom. The van der Waals surface area contributed by atoms with Crippen LogP contribution in [0.4, 0.5) is 0 Å². The molecular formula is C12H15NS. The molecule has 0 aliphatic heterocycles. The van der Waals surface area contributed by atoms with Gasteiger partial charge < -0.3 is 0 Å². The van der Waals surface area contributed by atoms with Crippen LogP contribution in [0, 0.1) is 5.92 Å². The highest BCUT2D eigenvalue weighted by atomic mass is 32.1. The second kappa shape index (κ2) is 4.09. The summed E-state index contributed by atoms with van der Waals surface area (Å²) in [6, 6.07) is 6.60. The molecule has 0 bridgehead atoms. The lowest BCUT2D eigenvalue weighted by atomic mass is 10.0.